The summed E-state index contributed by atoms with van der Waals surface area (Å²) in [5.74, 6) is -0.217. The van der Waals surface area contributed by atoms with Crippen molar-refractivity contribution in [1.82, 2.24) is 10.2 Å². The number of hydrogen-bond acceptors (Lipinski definition) is 3. The van der Waals surface area contributed by atoms with Crippen LogP contribution in [0.15, 0.2) is 0 Å². The first-order valence-corrected chi connectivity index (χ1v) is 6.75. The molecule has 1 saturated heterocycles. The van der Waals surface area contributed by atoms with Crippen molar-refractivity contribution in [2.24, 2.45) is 5.92 Å². The van der Waals surface area contributed by atoms with Gasteiger partial charge in [0.25, 0.3) is 0 Å². The number of carboxylic acid groups (broad SMARTS) is 1. The van der Waals surface area contributed by atoms with Gasteiger partial charge in [-0.2, -0.15) is 0 Å². The first-order chi connectivity index (χ1) is 8.54. The van der Waals surface area contributed by atoms with Crippen molar-refractivity contribution < 1.29 is 14.7 Å². The van der Waals surface area contributed by atoms with Gasteiger partial charge in [-0.3, -0.25) is 14.5 Å². The minimum atomic E-state index is -0.711. The molecule has 0 saturated carbocycles. The molecule has 1 aliphatic heterocycles. The summed E-state index contributed by atoms with van der Waals surface area (Å²) in [5, 5.41) is 12.0. The number of aliphatic carboxylic acids is 1. The predicted octanol–water partition coefficient (Wildman–Crippen LogP) is 1.09. The van der Waals surface area contributed by atoms with Crippen molar-refractivity contribution in [1.29, 1.82) is 0 Å². The number of hydrogen-bond donors (Lipinski definition) is 2. The smallest absolute Gasteiger partial charge is 0.320 e. The molecule has 5 heteroatoms. The number of carbonyl (C=O) groups excluding carboxylic acids is 1. The third-order valence-corrected chi connectivity index (χ3v) is 3.58. The van der Waals surface area contributed by atoms with Gasteiger partial charge in [-0.25, -0.2) is 0 Å². The maximum absolute atomic E-state index is 11.2. The zero-order valence-corrected chi connectivity index (χ0v) is 11.3. The molecule has 1 aliphatic rings. The number of carboxylic acids is 1. The summed E-state index contributed by atoms with van der Waals surface area (Å²) in [6.45, 7) is 5.90. The first-order valence-electron chi connectivity index (χ1n) is 6.75. The number of likely N-dealkylation sites (tertiary alicyclic amines) is 1. The van der Waals surface area contributed by atoms with Crippen LogP contribution in [0.25, 0.3) is 0 Å². The zero-order valence-electron chi connectivity index (χ0n) is 11.3. The largest absolute Gasteiger partial charge is 0.480 e. The summed E-state index contributed by atoms with van der Waals surface area (Å²) in [4.78, 5) is 24.1. The Morgan fingerprint density at radius 2 is 2.00 bits per heavy atom. The van der Waals surface area contributed by atoms with Crippen molar-refractivity contribution in [3.63, 3.8) is 0 Å². The van der Waals surface area contributed by atoms with E-state index in [-0.39, 0.29) is 11.9 Å². The Morgan fingerprint density at radius 1 is 1.39 bits per heavy atom. The first kappa shape index (κ1) is 15.0. The van der Waals surface area contributed by atoms with Crippen LogP contribution in [0.1, 0.15) is 39.5 Å². The van der Waals surface area contributed by atoms with Gasteiger partial charge in [-0.1, -0.05) is 13.3 Å². The fraction of sp³-hybridized carbons (Fsp3) is 0.846. The van der Waals surface area contributed by atoms with E-state index in [4.69, 9.17) is 0 Å². The lowest BCUT2D eigenvalue weighted by atomic mass is 9.95. The van der Waals surface area contributed by atoms with Crippen LogP contribution in [0.2, 0.25) is 0 Å². The van der Waals surface area contributed by atoms with E-state index >= 15 is 0 Å². The van der Waals surface area contributed by atoms with Gasteiger partial charge in [0.05, 0.1) is 0 Å². The minimum Gasteiger partial charge on any atom is -0.480 e. The van der Waals surface area contributed by atoms with Crippen molar-refractivity contribution in [3.8, 4) is 0 Å². The molecule has 0 bridgehead atoms. The van der Waals surface area contributed by atoms with Crippen LogP contribution in [-0.4, -0.2) is 47.6 Å². The molecular weight excluding hydrogens is 232 g/mol. The van der Waals surface area contributed by atoms with Crippen LogP contribution >= 0.6 is 0 Å². The molecule has 1 amide bonds. The summed E-state index contributed by atoms with van der Waals surface area (Å²) in [7, 11) is 0. The second-order valence-electron chi connectivity index (χ2n) is 5.06. The summed E-state index contributed by atoms with van der Waals surface area (Å²) >= 11 is 0. The maximum atomic E-state index is 11.2. The molecule has 1 rings (SSSR count). The molecule has 0 spiro atoms. The Hall–Kier alpha value is -1.10. The van der Waals surface area contributed by atoms with Crippen molar-refractivity contribution in [3.05, 3.63) is 0 Å². The molecule has 0 aromatic carbocycles. The molecule has 0 aliphatic carbocycles. The number of nitrogens with one attached hydrogen (secondary N) is 1. The Kier molecular flexibility index (Phi) is 6.12. The normalized spacial score (nSPS) is 19.4. The van der Waals surface area contributed by atoms with Crippen LogP contribution in [0, 0.1) is 5.92 Å². The van der Waals surface area contributed by atoms with Gasteiger partial charge in [0.1, 0.15) is 6.04 Å². The minimum absolute atomic E-state index is 0.00632. The summed E-state index contributed by atoms with van der Waals surface area (Å²) in [6.07, 6.45) is 3.54. The van der Waals surface area contributed by atoms with E-state index in [0.717, 1.165) is 32.4 Å². The lowest BCUT2D eigenvalue weighted by Gasteiger charge is -2.35. The Balaban J connectivity index is 2.37. The summed E-state index contributed by atoms with van der Waals surface area (Å²) in [5.41, 5.74) is 0. The highest BCUT2D eigenvalue weighted by Crippen LogP contribution is 2.20. The number of amides is 1. The van der Waals surface area contributed by atoms with Gasteiger partial charge in [-0.05, 0) is 38.3 Å². The Morgan fingerprint density at radius 3 is 2.44 bits per heavy atom. The molecule has 104 valence electrons. The van der Waals surface area contributed by atoms with Gasteiger partial charge in [0, 0.05) is 13.5 Å². The number of piperidine rings is 1. The van der Waals surface area contributed by atoms with E-state index < -0.39 is 5.97 Å². The third kappa shape index (κ3) is 4.64. The molecule has 18 heavy (non-hydrogen) atoms. The monoisotopic (exact) mass is 256 g/mol. The van der Waals surface area contributed by atoms with Crippen molar-refractivity contribution >= 4 is 11.9 Å². The van der Waals surface area contributed by atoms with Crippen LogP contribution in [0.5, 0.6) is 0 Å². The predicted molar refractivity (Wildman–Crippen MR) is 69.3 cm³/mol. The molecule has 0 aromatic rings. The second-order valence-corrected chi connectivity index (χ2v) is 5.06. The molecular formula is C13H24N2O3. The van der Waals surface area contributed by atoms with E-state index in [1.807, 2.05) is 6.92 Å². The SMILES string of the molecule is CCCC(C(=O)O)N1CCC(CNC(C)=O)CC1. The molecule has 1 heterocycles. The van der Waals surface area contributed by atoms with Crippen molar-refractivity contribution in [2.75, 3.05) is 19.6 Å². The second kappa shape index (κ2) is 7.36. The van der Waals surface area contributed by atoms with Gasteiger partial charge in [0.2, 0.25) is 5.91 Å². The molecule has 0 aromatic heterocycles. The van der Waals surface area contributed by atoms with E-state index in [9.17, 15) is 14.7 Å². The highest BCUT2D eigenvalue weighted by Gasteiger charge is 2.28. The standard InChI is InChI=1S/C13H24N2O3/c1-3-4-12(13(17)18)15-7-5-11(6-8-15)9-14-10(2)16/h11-12H,3-9H2,1-2H3,(H,14,16)(H,17,18). The fourth-order valence-corrected chi connectivity index (χ4v) is 2.49. The average molecular weight is 256 g/mol. The number of carbonyl (C=O) groups is 2. The molecule has 1 atom stereocenters. The lowest BCUT2D eigenvalue weighted by molar-refractivity contribution is -0.144. The average Bonchev–Trinajstić information content (AvgIpc) is 2.34. The molecule has 5 nitrogen and oxygen atoms in total. The number of nitrogens with zero attached hydrogens (tertiary/aromatic N) is 1. The molecule has 0 radical (unpaired) electrons. The van der Waals surface area contributed by atoms with E-state index in [2.05, 4.69) is 10.2 Å². The Labute approximate surface area is 109 Å². The van der Waals surface area contributed by atoms with Gasteiger partial charge < -0.3 is 10.4 Å². The lowest BCUT2D eigenvalue weighted by Crippen LogP contribution is -2.46. The van der Waals surface area contributed by atoms with Crippen LogP contribution < -0.4 is 5.32 Å². The van der Waals surface area contributed by atoms with Crippen molar-refractivity contribution in [2.45, 2.75) is 45.6 Å². The topological polar surface area (TPSA) is 69.6 Å². The summed E-state index contributed by atoms with van der Waals surface area (Å²) in [6, 6.07) is -0.336. The molecule has 1 fully saturated rings. The molecule has 2 N–H and O–H groups in total. The zero-order chi connectivity index (χ0) is 13.5. The highest BCUT2D eigenvalue weighted by molar-refractivity contribution is 5.73. The Bertz CT molecular complexity index is 286. The quantitative estimate of drug-likeness (QED) is 0.746. The molecule has 1 unspecified atom stereocenters. The summed E-state index contributed by atoms with van der Waals surface area (Å²) < 4.78 is 0. The van der Waals surface area contributed by atoms with Gasteiger partial charge in [-0.15, -0.1) is 0 Å². The fourth-order valence-electron chi connectivity index (χ4n) is 2.49. The van der Waals surface area contributed by atoms with Crippen LogP contribution in [0.3, 0.4) is 0 Å². The van der Waals surface area contributed by atoms with Crippen LogP contribution in [0.4, 0.5) is 0 Å². The van der Waals surface area contributed by atoms with Gasteiger partial charge in [0.15, 0.2) is 0 Å². The highest BCUT2D eigenvalue weighted by atomic mass is 16.4. The van der Waals surface area contributed by atoms with E-state index in [1.165, 1.54) is 6.92 Å². The van der Waals surface area contributed by atoms with Gasteiger partial charge >= 0.3 is 5.97 Å². The van der Waals surface area contributed by atoms with Crippen LogP contribution in [-0.2, 0) is 9.59 Å². The third-order valence-electron chi connectivity index (χ3n) is 3.58. The van der Waals surface area contributed by atoms with E-state index in [0.29, 0.717) is 18.9 Å². The maximum Gasteiger partial charge on any atom is 0.320 e. The van der Waals surface area contributed by atoms with E-state index in [1.54, 1.807) is 0 Å². The number of rotatable bonds is 6.